The van der Waals surface area contributed by atoms with Crippen molar-refractivity contribution in [2.75, 3.05) is 19.7 Å². The largest absolute Gasteiger partial charge is 0.493 e. The van der Waals surface area contributed by atoms with Gasteiger partial charge in [0.2, 0.25) is 0 Å². The van der Waals surface area contributed by atoms with Gasteiger partial charge in [-0.15, -0.1) is 0 Å². The molecule has 0 aliphatic carbocycles. The Morgan fingerprint density at radius 3 is 2.84 bits per heavy atom. The Labute approximate surface area is 116 Å². The number of fused-ring (bicyclic) bond motifs is 1. The first-order valence-corrected chi connectivity index (χ1v) is 7.23. The maximum atomic E-state index is 5.86. The van der Waals surface area contributed by atoms with Gasteiger partial charge in [-0.05, 0) is 36.0 Å². The zero-order chi connectivity index (χ0) is 13.9. The Kier molecular flexibility index (Phi) is 4.48. The van der Waals surface area contributed by atoms with Crippen LogP contribution in [-0.4, -0.2) is 19.7 Å². The van der Waals surface area contributed by atoms with E-state index >= 15 is 0 Å². The van der Waals surface area contributed by atoms with E-state index in [1.165, 1.54) is 11.1 Å². The van der Waals surface area contributed by atoms with E-state index in [0.29, 0.717) is 12.6 Å². The molecule has 1 aromatic carbocycles. The van der Waals surface area contributed by atoms with Gasteiger partial charge in [0.1, 0.15) is 5.75 Å². The van der Waals surface area contributed by atoms with Gasteiger partial charge < -0.3 is 15.8 Å². The summed E-state index contributed by atoms with van der Waals surface area (Å²) in [5, 5.41) is 3.54. The van der Waals surface area contributed by atoms with Crippen molar-refractivity contribution in [1.29, 1.82) is 0 Å². The summed E-state index contributed by atoms with van der Waals surface area (Å²) < 4.78 is 5.86. The fourth-order valence-electron chi connectivity index (χ4n) is 2.51. The van der Waals surface area contributed by atoms with E-state index in [-0.39, 0.29) is 5.41 Å². The number of benzene rings is 1. The molecule has 0 saturated carbocycles. The van der Waals surface area contributed by atoms with E-state index in [1.54, 1.807) is 0 Å². The third-order valence-corrected chi connectivity index (χ3v) is 3.68. The molecule has 0 aromatic heterocycles. The normalized spacial score (nSPS) is 19.5. The Bertz CT molecular complexity index is 423. The Hall–Kier alpha value is -1.06. The van der Waals surface area contributed by atoms with E-state index < -0.39 is 0 Å². The minimum absolute atomic E-state index is 0.166. The van der Waals surface area contributed by atoms with Gasteiger partial charge in [-0.3, -0.25) is 0 Å². The van der Waals surface area contributed by atoms with Crippen LogP contribution in [0.2, 0.25) is 0 Å². The molecule has 2 rings (SSSR count). The fourth-order valence-corrected chi connectivity index (χ4v) is 2.51. The molecule has 0 saturated heterocycles. The highest BCUT2D eigenvalue weighted by atomic mass is 16.5. The average Bonchev–Trinajstić information content (AvgIpc) is 2.56. The molecule has 0 radical (unpaired) electrons. The first kappa shape index (κ1) is 14.4. The van der Waals surface area contributed by atoms with Gasteiger partial charge in [0.15, 0.2) is 0 Å². The highest BCUT2D eigenvalue weighted by molar-refractivity contribution is 5.42. The molecular weight excluding hydrogens is 236 g/mol. The summed E-state index contributed by atoms with van der Waals surface area (Å²) in [5.74, 6) is 1.03. The molecule has 1 aromatic rings. The number of hydrogen-bond donors (Lipinski definition) is 2. The van der Waals surface area contributed by atoms with E-state index in [0.717, 1.165) is 31.7 Å². The minimum atomic E-state index is 0.166. The molecule has 0 spiro atoms. The summed E-state index contributed by atoms with van der Waals surface area (Å²) in [6.45, 7) is 9.07. The standard InChI is InChI=1S/C16H26N2O/c1-16(2,3)12-6-7-15-13(11-12)14(18-9-8-17)5-4-10-19-15/h6-7,11,14,18H,4-5,8-10,17H2,1-3H3. The van der Waals surface area contributed by atoms with Gasteiger partial charge in [0.05, 0.1) is 6.61 Å². The predicted molar refractivity (Wildman–Crippen MR) is 79.7 cm³/mol. The van der Waals surface area contributed by atoms with Crippen molar-refractivity contribution in [3.05, 3.63) is 29.3 Å². The zero-order valence-electron chi connectivity index (χ0n) is 12.3. The second kappa shape index (κ2) is 5.93. The van der Waals surface area contributed by atoms with Crippen LogP contribution >= 0.6 is 0 Å². The van der Waals surface area contributed by atoms with Crippen molar-refractivity contribution in [3.8, 4) is 5.75 Å². The van der Waals surface area contributed by atoms with Crippen LogP contribution in [0.15, 0.2) is 18.2 Å². The predicted octanol–water partition coefficient (Wildman–Crippen LogP) is 2.75. The lowest BCUT2D eigenvalue weighted by Gasteiger charge is -2.24. The van der Waals surface area contributed by atoms with Gasteiger partial charge in [-0.1, -0.05) is 26.8 Å². The van der Waals surface area contributed by atoms with Crippen LogP contribution < -0.4 is 15.8 Å². The molecular formula is C16H26N2O. The van der Waals surface area contributed by atoms with Crippen LogP contribution in [-0.2, 0) is 5.41 Å². The third kappa shape index (κ3) is 3.48. The van der Waals surface area contributed by atoms with E-state index in [9.17, 15) is 0 Å². The SMILES string of the molecule is CC(C)(C)c1ccc2c(c1)C(NCCN)CCCO2. The van der Waals surface area contributed by atoms with Crippen LogP contribution in [0.1, 0.15) is 50.8 Å². The highest BCUT2D eigenvalue weighted by Gasteiger charge is 2.22. The van der Waals surface area contributed by atoms with Crippen molar-refractivity contribution in [1.82, 2.24) is 5.32 Å². The second-order valence-corrected chi connectivity index (χ2v) is 6.29. The molecule has 19 heavy (non-hydrogen) atoms. The molecule has 1 unspecified atom stereocenters. The summed E-state index contributed by atoms with van der Waals surface area (Å²) in [6, 6.07) is 6.97. The summed E-state index contributed by atoms with van der Waals surface area (Å²) >= 11 is 0. The molecule has 106 valence electrons. The molecule has 1 heterocycles. The Morgan fingerprint density at radius 2 is 2.16 bits per heavy atom. The first-order chi connectivity index (χ1) is 9.02. The smallest absolute Gasteiger partial charge is 0.124 e. The number of ether oxygens (including phenoxy) is 1. The Balaban J connectivity index is 2.33. The summed E-state index contributed by atoms with van der Waals surface area (Å²) in [6.07, 6.45) is 2.20. The lowest BCUT2D eigenvalue weighted by molar-refractivity contribution is 0.315. The van der Waals surface area contributed by atoms with Crippen LogP contribution in [0.3, 0.4) is 0 Å². The van der Waals surface area contributed by atoms with Gasteiger partial charge in [0.25, 0.3) is 0 Å². The van der Waals surface area contributed by atoms with Crippen molar-refractivity contribution in [3.63, 3.8) is 0 Å². The maximum Gasteiger partial charge on any atom is 0.124 e. The summed E-state index contributed by atoms with van der Waals surface area (Å²) in [5.41, 5.74) is 8.42. The van der Waals surface area contributed by atoms with Gasteiger partial charge in [0, 0.05) is 24.7 Å². The van der Waals surface area contributed by atoms with Crippen molar-refractivity contribution in [2.45, 2.75) is 45.1 Å². The number of hydrogen-bond acceptors (Lipinski definition) is 3. The molecule has 1 aliphatic rings. The van der Waals surface area contributed by atoms with Gasteiger partial charge in [-0.25, -0.2) is 0 Å². The quantitative estimate of drug-likeness (QED) is 0.880. The monoisotopic (exact) mass is 262 g/mol. The summed E-state index contributed by atoms with van der Waals surface area (Å²) in [7, 11) is 0. The number of rotatable bonds is 3. The molecule has 0 amide bonds. The molecule has 0 fully saturated rings. The summed E-state index contributed by atoms with van der Waals surface area (Å²) in [4.78, 5) is 0. The molecule has 1 atom stereocenters. The first-order valence-electron chi connectivity index (χ1n) is 7.23. The number of nitrogens with two attached hydrogens (primary N) is 1. The van der Waals surface area contributed by atoms with Gasteiger partial charge >= 0.3 is 0 Å². The van der Waals surface area contributed by atoms with E-state index in [2.05, 4.69) is 44.3 Å². The highest BCUT2D eigenvalue weighted by Crippen LogP contribution is 2.35. The molecule has 1 aliphatic heterocycles. The van der Waals surface area contributed by atoms with Gasteiger partial charge in [-0.2, -0.15) is 0 Å². The zero-order valence-corrected chi connectivity index (χ0v) is 12.3. The third-order valence-electron chi connectivity index (χ3n) is 3.68. The van der Waals surface area contributed by atoms with Crippen LogP contribution in [0.4, 0.5) is 0 Å². The van der Waals surface area contributed by atoms with Crippen LogP contribution in [0.5, 0.6) is 5.75 Å². The number of nitrogens with one attached hydrogen (secondary N) is 1. The van der Waals surface area contributed by atoms with E-state index in [4.69, 9.17) is 10.5 Å². The maximum absolute atomic E-state index is 5.86. The fraction of sp³-hybridized carbons (Fsp3) is 0.625. The van der Waals surface area contributed by atoms with Crippen molar-refractivity contribution >= 4 is 0 Å². The average molecular weight is 262 g/mol. The van der Waals surface area contributed by atoms with E-state index in [1.807, 2.05) is 0 Å². The molecule has 3 heteroatoms. The Morgan fingerprint density at radius 1 is 1.37 bits per heavy atom. The van der Waals surface area contributed by atoms with Crippen LogP contribution in [0.25, 0.3) is 0 Å². The van der Waals surface area contributed by atoms with Crippen molar-refractivity contribution < 1.29 is 4.74 Å². The van der Waals surface area contributed by atoms with Crippen LogP contribution in [0, 0.1) is 0 Å². The molecule has 3 N–H and O–H groups in total. The topological polar surface area (TPSA) is 47.3 Å². The molecule has 3 nitrogen and oxygen atoms in total. The van der Waals surface area contributed by atoms with Crippen molar-refractivity contribution in [2.24, 2.45) is 5.73 Å². The minimum Gasteiger partial charge on any atom is -0.493 e. The second-order valence-electron chi connectivity index (χ2n) is 6.29. The molecule has 0 bridgehead atoms. The lowest BCUT2D eigenvalue weighted by atomic mass is 9.85. The lowest BCUT2D eigenvalue weighted by Crippen LogP contribution is -2.27.